The van der Waals surface area contributed by atoms with E-state index in [4.69, 9.17) is 21.7 Å². The van der Waals surface area contributed by atoms with E-state index in [1.54, 1.807) is 0 Å². The lowest BCUT2D eigenvalue weighted by molar-refractivity contribution is -0.275. The molecule has 0 atom stereocenters. The van der Waals surface area contributed by atoms with Crippen LogP contribution < -0.4 is 10.5 Å². The molecule has 0 amide bonds. The maximum Gasteiger partial charge on any atom is 0.574 e. The molecule has 2 N–H and O–H groups in total. The van der Waals surface area contributed by atoms with Crippen LogP contribution in [0.3, 0.4) is 0 Å². The van der Waals surface area contributed by atoms with Crippen LogP contribution in [0.15, 0.2) is 11.0 Å². The van der Waals surface area contributed by atoms with Crippen molar-refractivity contribution in [1.29, 1.82) is 5.26 Å². The molecular weight excluding hydrogens is 299 g/mol. The summed E-state index contributed by atoms with van der Waals surface area (Å²) in [7, 11) is 0.604. The molecule has 0 saturated heterocycles. The molecule has 98 valence electrons. The number of anilines is 1. The second-order valence-corrected chi connectivity index (χ2v) is 5.36. The number of hydrogen-bond donors (Lipinski definition) is 1. The Morgan fingerprint density at radius 2 is 2.06 bits per heavy atom. The number of hydrogen-bond acceptors (Lipinski definition) is 6. The van der Waals surface area contributed by atoms with Crippen molar-refractivity contribution in [2.45, 2.75) is 11.3 Å². The summed E-state index contributed by atoms with van der Waals surface area (Å²) in [6.07, 6.45) is -5.07. The normalized spacial score (nSPS) is 11.9. The largest absolute Gasteiger partial charge is 0.574 e. The molecule has 0 saturated carbocycles. The molecule has 1 heterocycles. The molecule has 0 spiro atoms. The van der Waals surface area contributed by atoms with Crippen LogP contribution in [0.1, 0.15) is 5.69 Å². The first-order chi connectivity index (χ1) is 8.04. The highest BCUT2D eigenvalue weighted by atomic mass is 35.7. The topological polar surface area (TPSA) is 106 Å². The van der Waals surface area contributed by atoms with Gasteiger partial charge in [-0.2, -0.15) is 10.2 Å². The van der Waals surface area contributed by atoms with Crippen LogP contribution in [-0.4, -0.2) is 19.8 Å². The third-order valence-corrected chi connectivity index (χ3v) is 2.90. The van der Waals surface area contributed by atoms with Crippen molar-refractivity contribution in [3.8, 4) is 11.9 Å². The molecule has 0 fully saturated rings. The second-order valence-electron chi connectivity index (χ2n) is 2.83. The average molecular weight is 302 g/mol. The quantitative estimate of drug-likeness (QED) is 0.827. The van der Waals surface area contributed by atoms with Gasteiger partial charge >= 0.3 is 6.36 Å². The summed E-state index contributed by atoms with van der Waals surface area (Å²) in [5.74, 6) is -1.12. The number of alkyl halides is 3. The van der Waals surface area contributed by atoms with Gasteiger partial charge in [-0.1, -0.05) is 0 Å². The second kappa shape index (κ2) is 4.51. The van der Waals surface area contributed by atoms with E-state index in [0.29, 0.717) is 6.07 Å². The summed E-state index contributed by atoms with van der Waals surface area (Å²) < 4.78 is 61.3. The van der Waals surface area contributed by atoms with E-state index in [9.17, 15) is 21.6 Å². The Labute approximate surface area is 103 Å². The Hall–Kier alpha value is -1.73. The van der Waals surface area contributed by atoms with E-state index in [2.05, 4.69) is 9.72 Å². The number of rotatable bonds is 2. The number of nitriles is 1. The van der Waals surface area contributed by atoms with E-state index in [1.165, 1.54) is 6.07 Å². The van der Waals surface area contributed by atoms with E-state index in [1.807, 2.05) is 0 Å². The van der Waals surface area contributed by atoms with Gasteiger partial charge in [0.2, 0.25) is 5.88 Å². The number of halogens is 4. The van der Waals surface area contributed by atoms with E-state index in [0.717, 1.165) is 0 Å². The molecule has 0 aliphatic heterocycles. The Kier molecular flexibility index (Phi) is 3.59. The summed E-state index contributed by atoms with van der Waals surface area (Å²) in [6, 6.07) is 1.84. The van der Waals surface area contributed by atoms with Gasteiger partial charge in [0.15, 0.2) is 5.69 Å². The average Bonchev–Trinajstić information content (AvgIpc) is 2.17. The van der Waals surface area contributed by atoms with Crippen LogP contribution in [0.4, 0.5) is 18.9 Å². The first kappa shape index (κ1) is 14.3. The molecule has 1 aromatic rings. The monoisotopic (exact) mass is 301 g/mol. The van der Waals surface area contributed by atoms with Crippen molar-refractivity contribution in [1.82, 2.24) is 4.98 Å². The highest BCUT2D eigenvalue weighted by Gasteiger charge is 2.33. The lowest BCUT2D eigenvalue weighted by atomic mass is 10.3. The van der Waals surface area contributed by atoms with Crippen LogP contribution in [0.5, 0.6) is 5.88 Å². The van der Waals surface area contributed by atoms with Gasteiger partial charge in [-0.15, -0.1) is 13.2 Å². The molecule has 1 aromatic heterocycles. The summed E-state index contributed by atoms with van der Waals surface area (Å²) >= 11 is 0. The standard InChI is InChI=1S/C7H3ClF3N3O3S/c8-18(15,16)5-1-3(13)6(14-4(5)2-12)17-7(9,10)11/h1H,13H2. The lowest BCUT2D eigenvalue weighted by Gasteiger charge is -2.11. The van der Waals surface area contributed by atoms with Crippen LogP contribution >= 0.6 is 10.7 Å². The van der Waals surface area contributed by atoms with Crippen molar-refractivity contribution >= 4 is 25.4 Å². The number of pyridine rings is 1. The molecule has 11 heteroatoms. The fraction of sp³-hybridized carbons (Fsp3) is 0.143. The zero-order valence-electron chi connectivity index (χ0n) is 8.19. The summed E-state index contributed by atoms with van der Waals surface area (Å²) in [6.45, 7) is 0. The molecule has 6 nitrogen and oxygen atoms in total. The van der Waals surface area contributed by atoms with Gasteiger partial charge in [-0.05, 0) is 6.07 Å². The minimum absolute atomic E-state index is 0.564. The van der Waals surface area contributed by atoms with Crippen LogP contribution in [0.25, 0.3) is 0 Å². The molecule has 0 unspecified atom stereocenters. The van der Waals surface area contributed by atoms with Crippen molar-refractivity contribution in [3.05, 3.63) is 11.8 Å². The molecule has 1 rings (SSSR count). The van der Waals surface area contributed by atoms with Crippen LogP contribution in [0, 0.1) is 11.3 Å². The fourth-order valence-corrected chi connectivity index (χ4v) is 1.89. The van der Waals surface area contributed by atoms with Gasteiger partial charge in [-0.25, -0.2) is 8.42 Å². The van der Waals surface area contributed by atoms with Crippen molar-refractivity contribution in [2.24, 2.45) is 0 Å². The number of nitrogens with zero attached hydrogens (tertiary/aromatic N) is 2. The minimum atomic E-state index is -5.07. The predicted octanol–water partition coefficient (Wildman–Crippen LogP) is 1.36. The van der Waals surface area contributed by atoms with E-state index in [-0.39, 0.29) is 0 Å². The van der Waals surface area contributed by atoms with Gasteiger partial charge < -0.3 is 10.5 Å². The summed E-state index contributed by atoms with van der Waals surface area (Å²) in [4.78, 5) is 2.26. The molecule has 0 bridgehead atoms. The number of aromatic nitrogens is 1. The number of nitrogen functional groups attached to an aromatic ring is 1. The Balaban J connectivity index is 3.43. The van der Waals surface area contributed by atoms with E-state index < -0.39 is 37.6 Å². The van der Waals surface area contributed by atoms with Gasteiger partial charge in [0, 0.05) is 10.7 Å². The van der Waals surface area contributed by atoms with Crippen LogP contribution in [0.2, 0.25) is 0 Å². The highest BCUT2D eigenvalue weighted by Crippen LogP contribution is 2.30. The SMILES string of the molecule is N#Cc1nc(OC(F)(F)F)c(N)cc1S(=O)(=O)Cl. The van der Waals surface area contributed by atoms with Gasteiger partial charge in [-0.3, -0.25) is 0 Å². The van der Waals surface area contributed by atoms with Crippen molar-refractivity contribution < 1.29 is 26.3 Å². The third kappa shape index (κ3) is 3.38. The Bertz CT molecular complexity index is 623. The highest BCUT2D eigenvalue weighted by molar-refractivity contribution is 8.13. The minimum Gasteiger partial charge on any atom is -0.394 e. The van der Waals surface area contributed by atoms with Crippen LogP contribution in [-0.2, 0) is 9.05 Å². The van der Waals surface area contributed by atoms with E-state index >= 15 is 0 Å². The number of ether oxygens (including phenoxy) is 1. The van der Waals surface area contributed by atoms with Gasteiger partial charge in [0.05, 0.1) is 5.69 Å². The smallest absolute Gasteiger partial charge is 0.394 e. The maximum absolute atomic E-state index is 11.9. The lowest BCUT2D eigenvalue weighted by Crippen LogP contribution is -2.19. The molecule has 18 heavy (non-hydrogen) atoms. The third-order valence-electron chi connectivity index (χ3n) is 1.56. The maximum atomic E-state index is 11.9. The predicted molar refractivity (Wildman–Crippen MR) is 53.1 cm³/mol. The molecule has 0 aromatic carbocycles. The number of nitrogens with two attached hydrogens (primary N) is 1. The summed E-state index contributed by atoms with van der Waals surface area (Å²) in [5.41, 5.74) is 3.56. The molecule has 0 radical (unpaired) electrons. The molecule has 0 aliphatic rings. The zero-order valence-corrected chi connectivity index (χ0v) is 9.77. The fourth-order valence-electron chi connectivity index (χ4n) is 0.950. The zero-order chi connectivity index (χ0) is 14.1. The Morgan fingerprint density at radius 1 is 1.50 bits per heavy atom. The Morgan fingerprint density at radius 3 is 2.44 bits per heavy atom. The first-order valence-electron chi connectivity index (χ1n) is 3.95. The molecular formula is C7H3ClF3N3O3S. The molecule has 0 aliphatic carbocycles. The van der Waals surface area contributed by atoms with Crippen molar-refractivity contribution in [2.75, 3.05) is 5.73 Å². The van der Waals surface area contributed by atoms with Crippen molar-refractivity contribution in [3.63, 3.8) is 0 Å². The first-order valence-corrected chi connectivity index (χ1v) is 6.26. The van der Waals surface area contributed by atoms with Gasteiger partial charge in [0.25, 0.3) is 9.05 Å². The summed E-state index contributed by atoms with van der Waals surface area (Å²) in [5, 5.41) is 8.58. The van der Waals surface area contributed by atoms with Gasteiger partial charge in [0.1, 0.15) is 11.0 Å².